The van der Waals surface area contributed by atoms with E-state index in [0.717, 1.165) is 19.3 Å². The Morgan fingerprint density at radius 1 is 1.24 bits per heavy atom. The normalized spacial score (nSPS) is 36.4. The lowest BCUT2D eigenvalue weighted by atomic mass is 10.0. The van der Waals surface area contributed by atoms with Crippen LogP contribution in [0.4, 0.5) is 0 Å². The van der Waals surface area contributed by atoms with E-state index in [2.05, 4.69) is 0 Å². The van der Waals surface area contributed by atoms with Crippen LogP contribution in [0.5, 0.6) is 0 Å². The molecular weight excluding hydrogens is 292 g/mol. The number of ether oxygens (including phenoxy) is 1. The summed E-state index contributed by atoms with van der Waals surface area (Å²) < 4.78 is 31.9. The predicted octanol–water partition coefficient (Wildman–Crippen LogP) is 0.438. The quantitative estimate of drug-likeness (QED) is 0.741. The molecule has 0 spiro atoms. The van der Waals surface area contributed by atoms with E-state index in [0.29, 0.717) is 39.2 Å². The number of nitrogens with zero attached hydrogens (tertiary/aromatic N) is 2. The minimum Gasteiger partial charge on any atom is -0.368 e. The molecule has 3 saturated heterocycles. The van der Waals surface area contributed by atoms with Crippen molar-refractivity contribution in [3.05, 3.63) is 0 Å². The Kier molecular flexibility index (Phi) is 4.25. The number of carbonyl (C=O) groups excluding carboxylic acids is 1. The molecule has 3 aliphatic rings. The molecular formula is C14H24N2O4S. The minimum absolute atomic E-state index is 0.0530. The maximum Gasteiger partial charge on any atom is 0.251 e. The second kappa shape index (κ2) is 5.85. The zero-order valence-electron chi connectivity index (χ0n) is 12.5. The van der Waals surface area contributed by atoms with Crippen LogP contribution in [-0.4, -0.2) is 67.7 Å². The molecule has 7 heteroatoms. The first-order valence-corrected chi connectivity index (χ1v) is 9.43. The number of likely N-dealkylation sites (tertiary alicyclic amines) is 1. The zero-order chi connectivity index (χ0) is 15.0. The molecule has 3 aliphatic heterocycles. The summed E-state index contributed by atoms with van der Waals surface area (Å²) in [6.07, 6.45) is 2.77. The fraction of sp³-hybridized carbons (Fsp3) is 0.929. The van der Waals surface area contributed by atoms with Crippen LogP contribution in [0.1, 0.15) is 32.6 Å². The van der Waals surface area contributed by atoms with E-state index in [9.17, 15) is 13.2 Å². The molecule has 0 aliphatic carbocycles. The number of hydrogen-bond acceptors (Lipinski definition) is 4. The predicted molar refractivity (Wildman–Crippen MR) is 78.2 cm³/mol. The van der Waals surface area contributed by atoms with E-state index in [1.165, 1.54) is 0 Å². The molecule has 0 saturated carbocycles. The fourth-order valence-corrected chi connectivity index (χ4v) is 6.06. The van der Waals surface area contributed by atoms with Crippen molar-refractivity contribution in [2.75, 3.05) is 32.8 Å². The van der Waals surface area contributed by atoms with E-state index in [1.807, 2.05) is 11.8 Å². The highest BCUT2D eigenvalue weighted by Gasteiger charge is 2.46. The highest BCUT2D eigenvalue weighted by molar-refractivity contribution is 7.90. The maximum absolute atomic E-state index is 12.4. The van der Waals surface area contributed by atoms with Gasteiger partial charge in [-0.05, 0) is 31.6 Å². The van der Waals surface area contributed by atoms with E-state index in [1.54, 1.807) is 4.31 Å². The Morgan fingerprint density at radius 2 is 2.00 bits per heavy atom. The fourth-order valence-electron chi connectivity index (χ4n) is 3.80. The molecule has 3 heterocycles. The summed E-state index contributed by atoms with van der Waals surface area (Å²) in [6.45, 7) is 4.91. The van der Waals surface area contributed by atoms with Crippen LogP contribution >= 0.6 is 0 Å². The first-order valence-electron chi connectivity index (χ1n) is 7.93. The molecule has 1 amide bonds. The average Bonchev–Trinajstić information content (AvgIpc) is 2.99. The highest BCUT2D eigenvalue weighted by atomic mass is 32.2. The van der Waals surface area contributed by atoms with Gasteiger partial charge in [-0.2, -0.15) is 0 Å². The third kappa shape index (κ3) is 2.71. The van der Waals surface area contributed by atoms with Gasteiger partial charge >= 0.3 is 0 Å². The Hall–Kier alpha value is -0.660. The van der Waals surface area contributed by atoms with Gasteiger partial charge < -0.3 is 9.64 Å². The zero-order valence-corrected chi connectivity index (χ0v) is 13.3. The number of rotatable bonds is 2. The van der Waals surface area contributed by atoms with Crippen molar-refractivity contribution in [1.82, 2.24) is 9.21 Å². The summed E-state index contributed by atoms with van der Waals surface area (Å²) in [7, 11) is -3.17. The molecule has 3 fully saturated rings. The smallest absolute Gasteiger partial charge is 0.251 e. The van der Waals surface area contributed by atoms with Crippen LogP contribution in [0.3, 0.4) is 0 Å². The average molecular weight is 316 g/mol. The number of sulfonamides is 1. The Bertz CT molecular complexity index is 501. The number of carbonyl (C=O) groups is 1. The van der Waals surface area contributed by atoms with Crippen LogP contribution < -0.4 is 0 Å². The van der Waals surface area contributed by atoms with Gasteiger partial charge in [0, 0.05) is 32.8 Å². The summed E-state index contributed by atoms with van der Waals surface area (Å²) in [5.74, 6) is 0.217. The third-order valence-corrected chi connectivity index (χ3v) is 7.54. The molecule has 0 bridgehead atoms. The van der Waals surface area contributed by atoms with Gasteiger partial charge in [0.1, 0.15) is 6.10 Å². The Balaban J connectivity index is 1.68. The van der Waals surface area contributed by atoms with Crippen LogP contribution in [0.2, 0.25) is 0 Å². The number of amides is 1. The molecule has 3 rings (SSSR count). The molecule has 0 N–H and O–H groups in total. The summed E-state index contributed by atoms with van der Waals surface area (Å²) in [6, 6.07) is 0. The summed E-state index contributed by atoms with van der Waals surface area (Å²) in [4.78, 5) is 14.2. The highest BCUT2D eigenvalue weighted by Crippen LogP contribution is 2.34. The molecule has 120 valence electrons. The van der Waals surface area contributed by atoms with Crippen molar-refractivity contribution in [2.45, 2.75) is 44.0 Å². The summed E-state index contributed by atoms with van der Waals surface area (Å²) in [5.41, 5.74) is 0. The number of fused-ring (bicyclic) bond motifs is 1. The summed E-state index contributed by atoms with van der Waals surface area (Å²) in [5, 5.41) is -0.306. The summed E-state index contributed by atoms with van der Waals surface area (Å²) >= 11 is 0. The molecule has 21 heavy (non-hydrogen) atoms. The second-order valence-electron chi connectivity index (χ2n) is 6.20. The van der Waals surface area contributed by atoms with Crippen molar-refractivity contribution in [1.29, 1.82) is 0 Å². The van der Waals surface area contributed by atoms with Gasteiger partial charge in [0.2, 0.25) is 10.0 Å². The molecule has 6 nitrogen and oxygen atoms in total. The lowest BCUT2D eigenvalue weighted by molar-refractivity contribution is -0.140. The standard InChI is InChI=1S/C14H24N2O4S/c1-2-16-10-11-5-7-15(8-6-13(11)21(16,18)19)14(17)12-4-3-9-20-12/h11-13H,2-10H2,1H3/t11-,12-,13-/m1/s1. The van der Waals surface area contributed by atoms with Gasteiger partial charge in [0.05, 0.1) is 5.25 Å². The van der Waals surface area contributed by atoms with Crippen molar-refractivity contribution in [3.8, 4) is 0 Å². The van der Waals surface area contributed by atoms with Crippen molar-refractivity contribution < 1.29 is 17.9 Å². The number of hydrogen-bond donors (Lipinski definition) is 0. The molecule has 0 radical (unpaired) electrons. The van der Waals surface area contributed by atoms with E-state index in [4.69, 9.17) is 4.74 Å². The van der Waals surface area contributed by atoms with Gasteiger partial charge in [-0.3, -0.25) is 4.79 Å². The van der Waals surface area contributed by atoms with Crippen molar-refractivity contribution in [3.63, 3.8) is 0 Å². The van der Waals surface area contributed by atoms with E-state index < -0.39 is 10.0 Å². The Morgan fingerprint density at radius 3 is 2.67 bits per heavy atom. The Labute approximate surface area is 126 Å². The van der Waals surface area contributed by atoms with Crippen molar-refractivity contribution >= 4 is 15.9 Å². The lowest BCUT2D eigenvalue weighted by Crippen LogP contribution is -2.40. The van der Waals surface area contributed by atoms with Gasteiger partial charge in [-0.25, -0.2) is 12.7 Å². The monoisotopic (exact) mass is 316 g/mol. The molecule has 0 aromatic carbocycles. The molecule has 0 aromatic rings. The maximum atomic E-state index is 12.4. The SMILES string of the molecule is CCN1C[C@H]2CCN(C(=O)[C@H]3CCCO3)CC[C@H]2S1(=O)=O. The lowest BCUT2D eigenvalue weighted by Gasteiger charge is -2.24. The first kappa shape index (κ1) is 15.2. The minimum atomic E-state index is -3.17. The van der Waals surface area contributed by atoms with E-state index >= 15 is 0 Å². The van der Waals surface area contributed by atoms with Crippen molar-refractivity contribution in [2.24, 2.45) is 5.92 Å². The first-order chi connectivity index (χ1) is 10.0. The van der Waals surface area contributed by atoms with Crippen LogP contribution in [0, 0.1) is 5.92 Å². The third-order valence-electron chi connectivity index (χ3n) is 5.03. The van der Waals surface area contributed by atoms with Crippen LogP contribution in [-0.2, 0) is 19.6 Å². The van der Waals surface area contributed by atoms with Gasteiger partial charge in [-0.15, -0.1) is 0 Å². The van der Waals surface area contributed by atoms with Crippen LogP contribution in [0.25, 0.3) is 0 Å². The second-order valence-corrected chi connectivity index (χ2v) is 8.35. The van der Waals surface area contributed by atoms with Gasteiger partial charge in [-0.1, -0.05) is 6.92 Å². The molecule has 0 unspecified atom stereocenters. The van der Waals surface area contributed by atoms with Gasteiger partial charge in [0.15, 0.2) is 0 Å². The topological polar surface area (TPSA) is 66.9 Å². The van der Waals surface area contributed by atoms with Crippen LogP contribution in [0.15, 0.2) is 0 Å². The van der Waals surface area contributed by atoms with Gasteiger partial charge in [0.25, 0.3) is 5.91 Å². The molecule has 3 atom stereocenters. The van der Waals surface area contributed by atoms with E-state index in [-0.39, 0.29) is 23.2 Å². The largest absolute Gasteiger partial charge is 0.368 e. The molecule has 0 aromatic heterocycles.